The highest BCUT2D eigenvalue weighted by molar-refractivity contribution is 6.31. The van der Waals surface area contributed by atoms with Crippen LogP contribution in [0.15, 0.2) is 18.2 Å². The minimum atomic E-state index is -0.243. The van der Waals surface area contributed by atoms with Crippen molar-refractivity contribution < 1.29 is 9.53 Å². The number of nitrogens with one attached hydrogen (secondary N) is 3. The first kappa shape index (κ1) is 14.1. The lowest BCUT2D eigenvalue weighted by atomic mass is 10.2. The summed E-state index contributed by atoms with van der Waals surface area (Å²) in [5.74, 6) is 0. The zero-order valence-electron chi connectivity index (χ0n) is 10.8. The van der Waals surface area contributed by atoms with Gasteiger partial charge < -0.3 is 20.7 Å². The normalized spacial score (nSPS) is 18.9. The van der Waals surface area contributed by atoms with Crippen LogP contribution in [-0.4, -0.2) is 38.4 Å². The van der Waals surface area contributed by atoms with E-state index in [-0.39, 0.29) is 12.1 Å². The fourth-order valence-electron chi connectivity index (χ4n) is 1.81. The van der Waals surface area contributed by atoms with Gasteiger partial charge in [0.2, 0.25) is 0 Å². The molecule has 0 saturated carbocycles. The number of ether oxygens (including phenoxy) is 1. The first-order chi connectivity index (χ1) is 9.15. The molecule has 1 aliphatic rings. The molecule has 2 amide bonds. The molecule has 1 heterocycles. The van der Waals surface area contributed by atoms with Gasteiger partial charge in [0.15, 0.2) is 0 Å². The average molecular weight is 284 g/mol. The first-order valence-corrected chi connectivity index (χ1v) is 6.65. The lowest BCUT2D eigenvalue weighted by molar-refractivity contribution is 0.0776. The first-order valence-electron chi connectivity index (χ1n) is 6.27. The summed E-state index contributed by atoms with van der Waals surface area (Å²) in [5.41, 5.74) is 1.66. The second kappa shape index (κ2) is 6.75. The van der Waals surface area contributed by atoms with Crippen LogP contribution in [0.2, 0.25) is 5.02 Å². The summed E-state index contributed by atoms with van der Waals surface area (Å²) >= 11 is 6.00. The SMILES string of the molecule is Cc1ccc(NC(=O)NCC2COCCN2)cc1Cl. The molecule has 19 heavy (non-hydrogen) atoms. The lowest BCUT2D eigenvalue weighted by Crippen LogP contribution is -2.49. The van der Waals surface area contributed by atoms with Gasteiger partial charge >= 0.3 is 6.03 Å². The van der Waals surface area contributed by atoms with Crippen molar-refractivity contribution in [3.05, 3.63) is 28.8 Å². The van der Waals surface area contributed by atoms with Crippen molar-refractivity contribution in [1.29, 1.82) is 0 Å². The summed E-state index contributed by atoms with van der Waals surface area (Å²) in [6.07, 6.45) is 0. The number of rotatable bonds is 3. The quantitative estimate of drug-likeness (QED) is 0.792. The van der Waals surface area contributed by atoms with E-state index in [1.165, 1.54) is 0 Å². The molecule has 3 N–H and O–H groups in total. The molecule has 0 bridgehead atoms. The van der Waals surface area contributed by atoms with Crippen molar-refractivity contribution >= 4 is 23.3 Å². The summed E-state index contributed by atoms with van der Waals surface area (Å²) in [4.78, 5) is 11.7. The van der Waals surface area contributed by atoms with E-state index in [2.05, 4.69) is 16.0 Å². The van der Waals surface area contributed by atoms with Crippen molar-refractivity contribution in [1.82, 2.24) is 10.6 Å². The molecule has 1 atom stereocenters. The van der Waals surface area contributed by atoms with E-state index in [1.54, 1.807) is 6.07 Å². The van der Waals surface area contributed by atoms with E-state index in [1.807, 2.05) is 19.1 Å². The summed E-state index contributed by atoms with van der Waals surface area (Å²) in [6.45, 7) is 4.62. The molecule has 1 unspecified atom stereocenters. The van der Waals surface area contributed by atoms with Gasteiger partial charge in [-0.1, -0.05) is 17.7 Å². The fourth-order valence-corrected chi connectivity index (χ4v) is 1.99. The molecular formula is C13H18ClN3O2. The Kier molecular flexibility index (Phi) is 5.01. The van der Waals surface area contributed by atoms with E-state index >= 15 is 0 Å². The Balaban J connectivity index is 1.78. The molecule has 1 aromatic rings. The van der Waals surface area contributed by atoms with Crippen molar-refractivity contribution in [2.24, 2.45) is 0 Å². The van der Waals surface area contributed by atoms with Crippen LogP contribution in [0.4, 0.5) is 10.5 Å². The van der Waals surface area contributed by atoms with Crippen LogP contribution in [0.1, 0.15) is 5.56 Å². The van der Waals surface area contributed by atoms with Crippen LogP contribution in [0.5, 0.6) is 0 Å². The molecule has 1 saturated heterocycles. The minimum absolute atomic E-state index is 0.168. The molecule has 2 rings (SSSR count). The largest absolute Gasteiger partial charge is 0.378 e. The van der Waals surface area contributed by atoms with Crippen LogP contribution in [0.25, 0.3) is 0 Å². The highest BCUT2D eigenvalue weighted by Crippen LogP contribution is 2.19. The Morgan fingerprint density at radius 1 is 1.58 bits per heavy atom. The third-order valence-corrected chi connectivity index (χ3v) is 3.34. The van der Waals surface area contributed by atoms with E-state index in [4.69, 9.17) is 16.3 Å². The van der Waals surface area contributed by atoms with Crippen LogP contribution >= 0.6 is 11.6 Å². The molecule has 0 radical (unpaired) electrons. The molecule has 5 nitrogen and oxygen atoms in total. The zero-order valence-corrected chi connectivity index (χ0v) is 11.6. The van der Waals surface area contributed by atoms with Gasteiger partial charge in [0.1, 0.15) is 0 Å². The Bertz CT molecular complexity index is 448. The maximum atomic E-state index is 11.7. The van der Waals surface area contributed by atoms with Gasteiger partial charge in [-0.05, 0) is 24.6 Å². The molecule has 1 fully saturated rings. The van der Waals surface area contributed by atoms with Crippen LogP contribution in [0.3, 0.4) is 0 Å². The molecule has 1 aliphatic heterocycles. The van der Waals surface area contributed by atoms with Gasteiger partial charge in [0.05, 0.1) is 13.2 Å². The van der Waals surface area contributed by atoms with Crippen LogP contribution in [0, 0.1) is 6.92 Å². The monoisotopic (exact) mass is 283 g/mol. The second-order valence-electron chi connectivity index (χ2n) is 4.52. The molecule has 0 aromatic heterocycles. The lowest BCUT2D eigenvalue weighted by Gasteiger charge is -2.23. The van der Waals surface area contributed by atoms with Gasteiger partial charge in [0, 0.05) is 29.8 Å². The number of halogens is 1. The van der Waals surface area contributed by atoms with E-state index in [0.717, 1.165) is 18.7 Å². The molecule has 6 heteroatoms. The zero-order chi connectivity index (χ0) is 13.7. The number of morpholine rings is 1. The van der Waals surface area contributed by atoms with Gasteiger partial charge in [-0.15, -0.1) is 0 Å². The topological polar surface area (TPSA) is 62.4 Å². The van der Waals surface area contributed by atoms with Crippen LogP contribution < -0.4 is 16.0 Å². The number of benzene rings is 1. The van der Waals surface area contributed by atoms with E-state index < -0.39 is 0 Å². The number of anilines is 1. The number of hydrogen-bond acceptors (Lipinski definition) is 3. The fraction of sp³-hybridized carbons (Fsp3) is 0.462. The summed E-state index contributed by atoms with van der Waals surface area (Å²) in [7, 11) is 0. The van der Waals surface area contributed by atoms with Crippen molar-refractivity contribution in [3.63, 3.8) is 0 Å². The number of carbonyl (C=O) groups is 1. The molecule has 0 spiro atoms. The highest BCUT2D eigenvalue weighted by atomic mass is 35.5. The number of carbonyl (C=O) groups excluding carboxylic acids is 1. The van der Waals surface area contributed by atoms with E-state index in [9.17, 15) is 4.79 Å². The van der Waals surface area contributed by atoms with Gasteiger partial charge in [-0.25, -0.2) is 4.79 Å². The van der Waals surface area contributed by atoms with Crippen LogP contribution in [-0.2, 0) is 4.74 Å². The summed E-state index contributed by atoms with van der Waals surface area (Å²) in [5, 5.41) is 9.45. The number of hydrogen-bond donors (Lipinski definition) is 3. The maximum Gasteiger partial charge on any atom is 0.319 e. The van der Waals surface area contributed by atoms with E-state index in [0.29, 0.717) is 23.9 Å². The van der Waals surface area contributed by atoms with Crippen molar-refractivity contribution in [2.75, 3.05) is 31.6 Å². The summed E-state index contributed by atoms with van der Waals surface area (Å²) < 4.78 is 5.31. The predicted octanol–water partition coefficient (Wildman–Crippen LogP) is 1.76. The standard InChI is InChI=1S/C13H18ClN3O2/c1-9-2-3-10(6-12(9)14)17-13(18)16-7-11-8-19-5-4-15-11/h2-3,6,11,15H,4-5,7-8H2,1H3,(H2,16,17,18). The number of aryl methyl sites for hydroxylation is 1. The third-order valence-electron chi connectivity index (χ3n) is 2.94. The van der Waals surface area contributed by atoms with Crippen molar-refractivity contribution in [2.45, 2.75) is 13.0 Å². The predicted molar refractivity (Wildman–Crippen MR) is 75.8 cm³/mol. The molecule has 104 valence electrons. The number of amides is 2. The Morgan fingerprint density at radius 2 is 2.42 bits per heavy atom. The molecule has 0 aliphatic carbocycles. The Hall–Kier alpha value is -1.30. The summed E-state index contributed by atoms with van der Waals surface area (Å²) in [6, 6.07) is 5.35. The van der Waals surface area contributed by atoms with Gasteiger partial charge in [-0.2, -0.15) is 0 Å². The highest BCUT2D eigenvalue weighted by Gasteiger charge is 2.13. The Morgan fingerprint density at radius 3 is 3.11 bits per heavy atom. The minimum Gasteiger partial charge on any atom is -0.378 e. The smallest absolute Gasteiger partial charge is 0.319 e. The average Bonchev–Trinajstić information content (AvgIpc) is 2.42. The second-order valence-corrected chi connectivity index (χ2v) is 4.93. The number of urea groups is 1. The molecule has 1 aromatic carbocycles. The van der Waals surface area contributed by atoms with Crippen molar-refractivity contribution in [3.8, 4) is 0 Å². The third kappa shape index (κ3) is 4.38. The Labute approximate surface area is 117 Å². The van der Waals surface area contributed by atoms with Gasteiger partial charge in [-0.3, -0.25) is 0 Å². The molecular weight excluding hydrogens is 266 g/mol. The maximum absolute atomic E-state index is 11.7. The van der Waals surface area contributed by atoms with Gasteiger partial charge in [0.25, 0.3) is 0 Å².